The molecule has 1 aromatic carbocycles. The lowest BCUT2D eigenvalue weighted by Crippen LogP contribution is -2.32. The third kappa shape index (κ3) is 12.1. The van der Waals surface area contributed by atoms with Crippen molar-refractivity contribution in [2.75, 3.05) is 51.0 Å². The van der Waals surface area contributed by atoms with E-state index in [2.05, 4.69) is 20.3 Å². The maximum atomic E-state index is 11.4. The molecular weight excluding hydrogens is 483 g/mol. The summed E-state index contributed by atoms with van der Waals surface area (Å²) in [6.45, 7) is 6.10. The normalized spacial score (nSPS) is 11.6. The van der Waals surface area contributed by atoms with E-state index in [4.69, 9.17) is 9.47 Å². The molecule has 0 saturated heterocycles. The number of anilines is 1. The molecule has 0 atom stereocenters. The SMILES string of the molecule is CCNC(=NCCNS(=O)(=O)CC)Nc1cccc(OCCCOC)c1.I. The van der Waals surface area contributed by atoms with E-state index in [1.807, 2.05) is 31.2 Å². The largest absolute Gasteiger partial charge is 0.493 e. The van der Waals surface area contributed by atoms with Gasteiger partial charge in [-0.05, 0) is 26.0 Å². The van der Waals surface area contributed by atoms with Crippen LogP contribution >= 0.6 is 24.0 Å². The molecule has 0 fully saturated rings. The minimum atomic E-state index is -3.19. The highest BCUT2D eigenvalue weighted by molar-refractivity contribution is 14.0. The van der Waals surface area contributed by atoms with E-state index >= 15 is 0 Å². The molecular formula is C17H31IN4O4S. The van der Waals surface area contributed by atoms with E-state index in [1.54, 1.807) is 14.0 Å². The Morgan fingerprint density at radius 3 is 2.67 bits per heavy atom. The number of aliphatic imine (C=N–C) groups is 1. The van der Waals surface area contributed by atoms with Crippen LogP contribution in [-0.2, 0) is 14.8 Å². The van der Waals surface area contributed by atoms with Crippen LogP contribution in [0.15, 0.2) is 29.3 Å². The van der Waals surface area contributed by atoms with Crippen LogP contribution in [0.1, 0.15) is 20.3 Å². The second-order valence-corrected chi connectivity index (χ2v) is 7.50. The molecule has 156 valence electrons. The lowest BCUT2D eigenvalue weighted by molar-refractivity contribution is 0.172. The minimum Gasteiger partial charge on any atom is -0.493 e. The van der Waals surface area contributed by atoms with Gasteiger partial charge in [0, 0.05) is 45.0 Å². The van der Waals surface area contributed by atoms with E-state index in [9.17, 15) is 8.42 Å². The summed E-state index contributed by atoms with van der Waals surface area (Å²) >= 11 is 0. The van der Waals surface area contributed by atoms with Crippen molar-refractivity contribution in [1.82, 2.24) is 10.0 Å². The highest BCUT2D eigenvalue weighted by Gasteiger charge is 2.05. The van der Waals surface area contributed by atoms with E-state index < -0.39 is 10.0 Å². The van der Waals surface area contributed by atoms with Crippen molar-refractivity contribution < 1.29 is 17.9 Å². The Bertz CT molecular complexity index is 656. The number of sulfonamides is 1. The average Bonchev–Trinajstić information content (AvgIpc) is 2.63. The summed E-state index contributed by atoms with van der Waals surface area (Å²) in [6, 6.07) is 7.59. The highest BCUT2D eigenvalue weighted by Crippen LogP contribution is 2.17. The van der Waals surface area contributed by atoms with Gasteiger partial charge < -0.3 is 20.1 Å². The molecule has 0 heterocycles. The van der Waals surface area contributed by atoms with Crippen molar-refractivity contribution in [1.29, 1.82) is 0 Å². The van der Waals surface area contributed by atoms with Crippen molar-refractivity contribution in [2.45, 2.75) is 20.3 Å². The number of hydrogen-bond acceptors (Lipinski definition) is 5. The van der Waals surface area contributed by atoms with Gasteiger partial charge in [0.05, 0.1) is 18.9 Å². The number of hydrogen-bond donors (Lipinski definition) is 3. The van der Waals surface area contributed by atoms with Crippen molar-refractivity contribution in [3.8, 4) is 5.75 Å². The summed E-state index contributed by atoms with van der Waals surface area (Å²) in [7, 11) is -1.53. The van der Waals surface area contributed by atoms with Crippen LogP contribution in [0.4, 0.5) is 5.69 Å². The van der Waals surface area contributed by atoms with Crippen LogP contribution < -0.4 is 20.1 Å². The molecule has 0 aliphatic heterocycles. The summed E-state index contributed by atoms with van der Waals surface area (Å²) in [4.78, 5) is 4.37. The quantitative estimate of drug-likeness (QED) is 0.171. The number of guanidine groups is 1. The average molecular weight is 514 g/mol. The predicted molar refractivity (Wildman–Crippen MR) is 121 cm³/mol. The smallest absolute Gasteiger partial charge is 0.211 e. The summed E-state index contributed by atoms with van der Waals surface area (Å²) in [5.41, 5.74) is 0.836. The van der Waals surface area contributed by atoms with E-state index in [0.717, 1.165) is 17.9 Å². The number of nitrogens with zero attached hydrogens (tertiary/aromatic N) is 1. The van der Waals surface area contributed by atoms with Crippen molar-refractivity contribution in [3.05, 3.63) is 24.3 Å². The maximum absolute atomic E-state index is 11.4. The summed E-state index contributed by atoms with van der Waals surface area (Å²) in [6.07, 6.45) is 0.825. The fraction of sp³-hybridized carbons (Fsp3) is 0.588. The summed E-state index contributed by atoms with van der Waals surface area (Å²) in [5.74, 6) is 1.41. The number of methoxy groups -OCH3 is 1. The molecule has 0 aliphatic rings. The van der Waals surface area contributed by atoms with Crippen molar-refractivity contribution >= 4 is 45.6 Å². The van der Waals surface area contributed by atoms with E-state index in [1.165, 1.54) is 0 Å². The molecule has 10 heteroatoms. The van der Waals surface area contributed by atoms with Gasteiger partial charge in [0.2, 0.25) is 10.0 Å². The van der Waals surface area contributed by atoms with Gasteiger partial charge in [0.25, 0.3) is 0 Å². The van der Waals surface area contributed by atoms with Crippen LogP contribution in [0.2, 0.25) is 0 Å². The van der Waals surface area contributed by atoms with E-state index in [-0.39, 0.29) is 36.3 Å². The lowest BCUT2D eigenvalue weighted by Gasteiger charge is -2.13. The molecule has 8 nitrogen and oxygen atoms in total. The molecule has 27 heavy (non-hydrogen) atoms. The predicted octanol–water partition coefficient (Wildman–Crippen LogP) is 2.04. The van der Waals surface area contributed by atoms with Gasteiger partial charge in [0.1, 0.15) is 5.75 Å². The zero-order chi connectivity index (χ0) is 19.3. The second-order valence-electron chi connectivity index (χ2n) is 5.41. The molecule has 0 aromatic heterocycles. The van der Waals surface area contributed by atoms with Crippen LogP contribution in [0, 0.1) is 0 Å². The number of benzene rings is 1. The van der Waals surface area contributed by atoms with Crippen molar-refractivity contribution in [3.63, 3.8) is 0 Å². The zero-order valence-corrected chi connectivity index (χ0v) is 19.3. The first-order chi connectivity index (χ1) is 12.5. The molecule has 1 aromatic rings. The second kappa shape index (κ2) is 14.9. The maximum Gasteiger partial charge on any atom is 0.211 e. The Kier molecular flexibility index (Phi) is 14.3. The minimum absolute atomic E-state index is 0. The number of ether oxygens (including phenoxy) is 2. The first-order valence-corrected chi connectivity index (χ1v) is 10.4. The fourth-order valence-corrected chi connectivity index (χ4v) is 2.58. The van der Waals surface area contributed by atoms with Gasteiger partial charge in [-0.25, -0.2) is 13.1 Å². The first kappa shape index (κ1) is 25.9. The van der Waals surface area contributed by atoms with Gasteiger partial charge in [-0.15, -0.1) is 24.0 Å². The Labute approximate surface area is 179 Å². The molecule has 1 rings (SSSR count). The Morgan fingerprint density at radius 2 is 2.00 bits per heavy atom. The fourth-order valence-electron chi connectivity index (χ4n) is 1.97. The standard InChI is InChI=1S/C17H30N4O4S.HI/c1-4-18-17(19-10-11-20-26(22,23)5-2)21-15-8-6-9-16(14-15)25-13-7-12-24-3;/h6,8-9,14,20H,4-5,7,10-13H2,1-3H3,(H2,18,19,21);1H. The van der Waals surface area contributed by atoms with Crippen LogP contribution in [0.25, 0.3) is 0 Å². The Balaban J connectivity index is 0.00000676. The van der Waals surface area contributed by atoms with Crippen LogP contribution in [0.3, 0.4) is 0 Å². The molecule has 0 unspecified atom stereocenters. The molecule has 3 N–H and O–H groups in total. The number of rotatable bonds is 12. The molecule has 0 radical (unpaired) electrons. The lowest BCUT2D eigenvalue weighted by atomic mass is 10.3. The summed E-state index contributed by atoms with van der Waals surface area (Å²) < 4.78 is 36.0. The van der Waals surface area contributed by atoms with Crippen LogP contribution in [-0.4, -0.2) is 60.1 Å². The number of halogens is 1. The van der Waals surface area contributed by atoms with Gasteiger partial charge in [-0.3, -0.25) is 4.99 Å². The van der Waals surface area contributed by atoms with Gasteiger partial charge >= 0.3 is 0 Å². The van der Waals surface area contributed by atoms with Gasteiger partial charge in [0.15, 0.2) is 5.96 Å². The van der Waals surface area contributed by atoms with E-state index in [0.29, 0.717) is 32.3 Å². The highest BCUT2D eigenvalue weighted by atomic mass is 127. The topological polar surface area (TPSA) is 101 Å². The third-order valence-electron chi connectivity index (χ3n) is 3.29. The monoisotopic (exact) mass is 514 g/mol. The molecule has 0 bridgehead atoms. The van der Waals surface area contributed by atoms with Gasteiger partial charge in [-0.2, -0.15) is 0 Å². The zero-order valence-electron chi connectivity index (χ0n) is 16.2. The molecule has 0 spiro atoms. The Hall–Kier alpha value is -1.11. The van der Waals surface area contributed by atoms with Gasteiger partial charge in [-0.1, -0.05) is 6.07 Å². The van der Waals surface area contributed by atoms with Crippen molar-refractivity contribution in [2.24, 2.45) is 4.99 Å². The summed E-state index contributed by atoms with van der Waals surface area (Å²) in [5, 5.41) is 6.32. The number of nitrogens with one attached hydrogen (secondary N) is 3. The van der Waals surface area contributed by atoms with Crippen LogP contribution in [0.5, 0.6) is 5.75 Å². The third-order valence-corrected chi connectivity index (χ3v) is 4.69. The first-order valence-electron chi connectivity index (χ1n) is 8.75. The molecule has 0 amide bonds. The molecule has 0 saturated carbocycles. The molecule has 0 aliphatic carbocycles. The Morgan fingerprint density at radius 1 is 1.22 bits per heavy atom.